The minimum Gasteiger partial charge on any atom is -0.491 e. The molecule has 4 heteroatoms. The molecule has 0 aliphatic rings. The summed E-state index contributed by atoms with van der Waals surface area (Å²) in [6.07, 6.45) is 6.08. The highest BCUT2D eigenvalue weighted by Crippen LogP contribution is 2.16. The van der Waals surface area contributed by atoms with E-state index in [1.54, 1.807) is 12.3 Å². The van der Waals surface area contributed by atoms with Crippen LogP contribution in [0, 0.1) is 0 Å². The van der Waals surface area contributed by atoms with Gasteiger partial charge in [-0.25, -0.2) is 0 Å². The number of aromatic nitrogens is 1. The summed E-state index contributed by atoms with van der Waals surface area (Å²) in [5.74, 6) is 0.779. The van der Waals surface area contributed by atoms with Gasteiger partial charge < -0.3 is 9.64 Å². The third kappa shape index (κ3) is 6.89. The average molecular weight is 401 g/mol. The standard InChI is InChI=1S/C26H28N2O2/c1-21(2)30-25-13-8-11-22(19-25)14-15-26(29)28(20-23-9-4-3-5-10-23)18-16-24-12-6-7-17-27-24/h3-15,17,19,21H,16,18,20H2,1-2H3/b15-14+. The van der Waals surface area contributed by atoms with E-state index < -0.39 is 0 Å². The van der Waals surface area contributed by atoms with Crippen molar-refractivity contribution in [3.63, 3.8) is 0 Å². The Morgan fingerprint density at radius 2 is 1.83 bits per heavy atom. The maximum Gasteiger partial charge on any atom is 0.246 e. The lowest BCUT2D eigenvalue weighted by molar-refractivity contribution is -0.126. The molecule has 1 amide bonds. The van der Waals surface area contributed by atoms with Gasteiger partial charge in [0.05, 0.1) is 6.10 Å². The van der Waals surface area contributed by atoms with Gasteiger partial charge in [0.1, 0.15) is 5.75 Å². The molecule has 0 saturated carbocycles. The first kappa shape index (κ1) is 21.3. The summed E-state index contributed by atoms with van der Waals surface area (Å²) in [4.78, 5) is 19.2. The van der Waals surface area contributed by atoms with Crippen molar-refractivity contribution in [1.82, 2.24) is 9.88 Å². The number of pyridine rings is 1. The van der Waals surface area contributed by atoms with Crippen molar-refractivity contribution < 1.29 is 9.53 Å². The monoisotopic (exact) mass is 400 g/mol. The van der Waals surface area contributed by atoms with E-state index in [9.17, 15) is 4.79 Å². The van der Waals surface area contributed by atoms with Crippen molar-refractivity contribution in [2.24, 2.45) is 0 Å². The summed E-state index contributed by atoms with van der Waals surface area (Å²) in [6, 6.07) is 23.7. The fourth-order valence-electron chi connectivity index (χ4n) is 3.10. The number of ether oxygens (including phenoxy) is 1. The number of hydrogen-bond acceptors (Lipinski definition) is 3. The molecule has 0 aliphatic heterocycles. The Kier molecular flexibility index (Phi) is 7.78. The second-order valence-electron chi connectivity index (χ2n) is 7.39. The Balaban J connectivity index is 1.71. The van der Waals surface area contributed by atoms with Crippen LogP contribution >= 0.6 is 0 Å². The molecule has 0 aliphatic carbocycles. The van der Waals surface area contributed by atoms with E-state index in [2.05, 4.69) is 4.98 Å². The van der Waals surface area contributed by atoms with Crippen LogP contribution in [0.4, 0.5) is 0 Å². The van der Waals surface area contributed by atoms with Crippen LogP contribution in [0.1, 0.15) is 30.7 Å². The second kappa shape index (κ2) is 11.0. The van der Waals surface area contributed by atoms with Gasteiger partial charge in [0.15, 0.2) is 0 Å². The van der Waals surface area contributed by atoms with Gasteiger partial charge in [-0.1, -0.05) is 48.5 Å². The number of carbonyl (C=O) groups is 1. The quantitative estimate of drug-likeness (QED) is 0.466. The molecule has 0 saturated heterocycles. The number of benzene rings is 2. The lowest BCUT2D eigenvalue weighted by atomic mass is 10.1. The molecule has 3 rings (SSSR count). The van der Waals surface area contributed by atoms with Crippen molar-refractivity contribution in [3.05, 3.63) is 102 Å². The normalized spacial score (nSPS) is 11.0. The first-order chi connectivity index (χ1) is 14.6. The van der Waals surface area contributed by atoms with Crippen molar-refractivity contribution in [1.29, 1.82) is 0 Å². The minimum atomic E-state index is -0.0232. The van der Waals surface area contributed by atoms with Gasteiger partial charge in [0.2, 0.25) is 5.91 Å². The third-order valence-corrected chi connectivity index (χ3v) is 4.54. The van der Waals surface area contributed by atoms with Crippen molar-refractivity contribution in [2.45, 2.75) is 32.9 Å². The Hall–Kier alpha value is -3.40. The summed E-state index contributed by atoms with van der Waals surface area (Å²) < 4.78 is 5.74. The van der Waals surface area contributed by atoms with Gasteiger partial charge in [0.25, 0.3) is 0 Å². The fraction of sp³-hybridized carbons (Fsp3) is 0.231. The highest BCUT2D eigenvalue weighted by molar-refractivity contribution is 5.91. The summed E-state index contributed by atoms with van der Waals surface area (Å²) in [5.41, 5.74) is 3.02. The van der Waals surface area contributed by atoms with Gasteiger partial charge in [-0.05, 0) is 55.3 Å². The first-order valence-electron chi connectivity index (χ1n) is 10.3. The molecular weight excluding hydrogens is 372 g/mol. The van der Waals surface area contributed by atoms with E-state index in [4.69, 9.17) is 4.74 Å². The van der Waals surface area contributed by atoms with Gasteiger partial charge in [0, 0.05) is 37.5 Å². The Labute approximate surface area is 178 Å². The molecule has 3 aromatic rings. The Morgan fingerprint density at radius 1 is 1.03 bits per heavy atom. The highest BCUT2D eigenvalue weighted by atomic mass is 16.5. The largest absolute Gasteiger partial charge is 0.491 e. The van der Waals surface area contributed by atoms with Crippen LogP contribution in [0.5, 0.6) is 5.75 Å². The molecule has 1 aromatic heterocycles. The SMILES string of the molecule is CC(C)Oc1cccc(/C=C/C(=O)N(CCc2ccccn2)Cc2ccccc2)c1. The number of amides is 1. The van der Waals surface area contributed by atoms with Gasteiger partial charge in [-0.15, -0.1) is 0 Å². The fourth-order valence-corrected chi connectivity index (χ4v) is 3.10. The van der Waals surface area contributed by atoms with E-state index in [1.165, 1.54) is 0 Å². The van der Waals surface area contributed by atoms with Crippen LogP contribution in [0.3, 0.4) is 0 Å². The van der Waals surface area contributed by atoms with Crippen molar-refractivity contribution in [2.75, 3.05) is 6.54 Å². The van der Waals surface area contributed by atoms with E-state index in [0.29, 0.717) is 19.5 Å². The lowest BCUT2D eigenvalue weighted by Gasteiger charge is -2.21. The molecule has 2 aromatic carbocycles. The zero-order chi connectivity index (χ0) is 21.2. The van der Waals surface area contributed by atoms with Crippen molar-refractivity contribution in [3.8, 4) is 5.75 Å². The molecule has 0 radical (unpaired) electrons. The number of rotatable bonds is 9. The topological polar surface area (TPSA) is 42.4 Å². The maximum absolute atomic E-state index is 13.0. The number of nitrogens with zero attached hydrogens (tertiary/aromatic N) is 2. The van der Waals surface area contributed by atoms with Gasteiger partial charge in [-0.2, -0.15) is 0 Å². The van der Waals surface area contributed by atoms with E-state index in [-0.39, 0.29) is 12.0 Å². The predicted octanol–water partition coefficient (Wildman–Crippen LogP) is 5.15. The summed E-state index contributed by atoms with van der Waals surface area (Å²) in [5, 5.41) is 0. The van der Waals surface area contributed by atoms with Crippen LogP contribution in [0.15, 0.2) is 85.1 Å². The second-order valence-corrected chi connectivity index (χ2v) is 7.39. The zero-order valence-corrected chi connectivity index (χ0v) is 17.6. The van der Waals surface area contributed by atoms with Crippen LogP contribution in [0.2, 0.25) is 0 Å². The molecule has 0 bridgehead atoms. The Bertz CT molecular complexity index is 953. The lowest BCUT2D eigenvalue weighted by Crippen LogP contribution is -2.31. The summed E-state index contributed by atoms with van der Waals surface area (Å²) >= 11 is 0. The maximum atomic E-state index is 13.0. The predicted molar refractivity (Wildman–Crippen MR) is 121 cm³/mol. The Morgan fingerprint density at radius 3 is 2.57 bits per heavy atom. The van der Waals surface area contributed by atoms with Gasteiger partial charge in [-0.3, -0.25) is 9.78 Å². The van der Waals surface area contributed by atoms with Crippen LogP contribution in [-0.4, -0.2) is 28.4 Å². The van der Waals surface area contributed by atoms with Crippen LogP contribution < -0.4 is 4.74 Å². The zero-order valence-electron chi connectivity index (χ0n) is 17.6. The molecule has 30 heavy (non-hydrogen) atoms. The molecule has 0 atom stereocenters. The third-order valence-electron chi connectivity index (χ3n) is 4.54. The molecular formula is C26H28N2O2. The summed E-state index contributed by atoms with van der Waals surface area (Å²) in [7, 11) is 0. The molecule has 0 N–H and O–H groups in total. The molecule has 0 unspecified atom stereocenters. The van der Waals surface area contributed by atoms with Crippen LogP contribution in [0.25, 0.3) is 6.08 Å². The first-order valence-corrected chi connectivity index (χ1v) is 10.3. The van der Waals surface area contributed by atoms with Crippen LogP contribution in [-0.2, 0) is 17.8 Å². The summed E-state index contributed by atoms with van der Waals surface area (Å²) in [6.45, 7) is 5.16. The van der Waals surface area contributed by atoms with E-state index >= 15 is 0 Å². The molecule has 4 nitrogen and oxygen atoms in total. The van der Waals surface area contributed by atoms with E-state index in [1.807, 2.05) is 97.6 Å². The molecule has 154 valence electrons. The number of hydrogen-bond donors (Lipinski definition) is 0. The average Bonchev–Trinajstić information content (AvgIpc) is 2.76. The minimum absolute atomic E-state index is 0.0232. The van der Waals surface area contributed by atoms with E-state index in [0.717, 1.165) is 22.6 Å². The smallest absolute Gasteiger partial charge is 0.246 e. The van der Waals surface area contributed by atoms with Gasteiger partial charge >= 0.3 is 0 Å². The molecule has 1 heterocycles. The number of carbonyl (C=O) groups excluding carboxylic acids is 1. The highest BCUT2D eigenvalue weighted by Gasteiger charge is 2.12. The molecule has 0 fully saturated rings. The molecule has 0 spiro atoms. The van der Waals surface area contributed by atoms with Crippen molar-refractivity contribution >= 4 is 12.0 Å².